The Hall–Kier alpha value is -7.94. The van der Waals surface area contributed by atoms with Gasteiger partial charge in [0.15, 0.2) is 0 Å². The number of hydrogen-bond donors (Lipinski definition) is 0. The number of aromatic nitrogens is 1. The predicted octanol–water partition coefficient (Wildman–Crippen LogP) is 16.7. The second kappa shape index (κ2) is 14.6. The minimum Gasteiger partial charge on any atom is -0.310 e. The maximum Gasteiger partial charge on any atom is 0.0547 e. The maximum atomic E-state index is 2.46. The monoisotopic (exact) mass is 804 g/mol. The highest BCUT2D eigenvalue weighted by Gasteiger charge is 2.35. The molecule has 0 spiro atoms. The Balaban J connectivity index is 0.974. The second-order valence-corrected chi connectivity index (χ2v) is 17.4. The number of anilines is 3. The lowest BCUT2D eigenvalue weighted by molar-refractivity contribution is 0.660. The summed E-state index contributed by atoms with van der Waals surface area (Å²) in [6, 6.07) is 84.7. The minimum absolute atomic E-state index is 0.110. The molecule has 298 valence electrons. The van der Waals surface area contributed by atoms with Crippen LogP contribution in [0.3, 0.4) is 0 Å². The van der Waals surface area contributed by atoms with Gasteiger partial charge in [-0.15, -0.1) is 0 Å². The van der Waals surface area contributed by atoms with Gasteiger partial charge in [-0.3, -0.25) is 0 Å². The number of nitrogens with zero attached hydrogens (tertiary/aromatic N) is 2. The summed E-state index contributed by atoms with van der Waals surface area (Å²) in [6.07, 6.45) is 0. The molecule has 0 bridgehead atoms. The van der Waals surface area contributed by atoms with Gasteiger partial charge in [0.1, 0.15) is 0 Å². The summed E-state index contributed by atoms with van der Waals surface area (Å²) >= 11 is 0. The number of hydrogen-bond acceptors (Lipinski definition) is 1. The molecule has 0 amide bonds. The average molecular weight is 805 g/mol. The van der Waals surface area contributed by atoms with Gasteiger partial charge in [0.25, 0.3) is 0 Å². The van der Waals surface area contributed by atoms with Crippen molar-refractivity contribution < 1.29 is 0 Å². The molecule has 0 unspecified atom stereocenters. The molecule has 63 heavy (non-hydrogen) atoms. The molecule has 2 nitrogen and oxygen atoms in total. The van der Waals surface area contributed by atoms with E-state index >= 15 is 0 Å². The van der Waals surface area contributed by atoms with Gasteiger partial charge in [0.05, 0.1) is 16.7 Å². The van der Waals surface area contributed by atoms with Crippen LogP contribution in [0.2, 0.25) is 0 Å². The Labute approximate surface area is 368 Å². The predicted molar refractivity (Wildman–Crippen MR) is 267 cm³/mol. The average Bonchev–Trinajstić information content (AvgIpc) is 3.79. The van der Waals surface area contributed by atoms with Crippen LogP contribution in [-0.2, 0) is 5.41 Å². The summed E-state index contributed by atoms with van der Waals surface area (Å²) < 4.78 is 2.46. The van der Waals surface area contributed by atoms with Gasteiger partial charge in [-0.2, -0.15) is 0 Å². The highest BCUT2D eigenvalue weighted by atomic mass is 15.1. The lowest BCUT2D eigenvalue weighted by atomic mass is 9.82. The smallest absolute Gasteiger partial charge is 0.0547 e. The van der Waals surface area contributed by atoms with E-state index in [2.05, 4.69) is 254 Å². The van der Waals surface area contributed by atoms with Gasteiger partial charge in [-0.05, 0) is 122 Å². The lowest BCUT2D eigenvalue weighted by Gasteiger charge is -2.28. The first-order chi connectivity index (χ1) is 31.0. The van der Waals surface area contributed by atoms with Crippen molar-refractivity contribution in [2.75, 3.05) is 4.90 Å². The molecule has 10 aromatic carbocycles. The Morgan fingerprint density at radius 1 is 0.333 bits per heavy atom. The summed E-state index contributed by atoms with van der Waals surface area (Å²) in [5, 5.41) is 4.99. The second-order valence-electron chi connectivity index (χ2n) is 17.4. The van der Waals surface area contributed by atoms with Crippen molar-refractivity contribution in [1.29, 1.82) is 0 Å². The van der Waals surface area contributed by atoms with Crippen molar-refractivity contribution in [3.05, 3.63) is 242 Å². The Kier molecular flexibility index (Phi) is 8.55. The van der Waals surface area contributed by atoms with Gasteiger partial charge in [0.2, 0.25) is 0 Å². The van der Waals surface area contributed by atoms with Crippen LogP contribution in [0.5, 0.6) is 0 Å². The molecular weight excluding hydrogens is 761 g/mol. The van der Waals surface area contributed by atoms with Crippen molar-refractivity contribution in [1.82, 2.24) is 4.57 Å². The zero-order valence-corrected chi connectivity index (χ0v) is 35.3. The third-order valence-electron chi connectivity index (χ3n) is 13.4. The molecule has 0 N–H and O–H groups in total. The van der Waals surface area contributed by atoms with E-state index in [1.54, 1.807) is 0 Å². The molecule has 1 aliphatic rings. The first-order valence-electron chi connectivity index (χ1n) is 21.9. The molecule has 1 aliphatic carbocycles. The van der Waals surface area contributed by atoms with E-state index in [9.17, 15) is 0 Å². The molecule has 0 saturated heterocycles. The normalized spacial score (nSPS) is 12.7. The van der Waals surface area contributed by atoms with Crippen LogP contribution in [0.1, 0.15) is 25.0 Å². The largest absolute Gasteiger partial charge is 0.310 e. The van der Waals surface area contributed by atoms with Gasteiger partial charge in [-0.1, -0.05) is 184 Å². The number of benzene rings is 10. The fraction of sp³-hybridized carbons (Fsp3) is 0.0492. The Bertz CT molecular complexity index is 3520. The molecule has 1 aromatic heterocycles. The summed E-state index contributed by atoms with van der Waals surface area (Å²) in [6.45, 7) is 4.71. The van der Waals surface area contributed by atoms with Crippen LogP contribution in [0.25, 0.3) is 82.8 Å². The van der Waals surface area contributed by atoms with E-state index < -0.39 is 0 Å². The van der Waals surface area contributed by atoms with Crippen LogP contribution in [0, 0.1) is 0 Å². The Morgan fingerprint density at radius 3 is 1.70 bits per heavy atom. The van der Waals surface area contributed by atoms with E-state index in [1.165, 1.54) is 82.6 Å². The molecular formula is C61H44N2. The van der Waals surface area contributed by atoms with E-state index in [1.807, 2.05) is 0 Å². The van der Waals surface area contributed by atoms with E-state index in [-0.39, 0.29) is 5.41 Å². The van der Waals surface area contributed by atoms with Crippen molar-refractivity contribution in [2.24, 2.45) is 0 Å². The zero-order chi connectivity index (χ0) is 42.1. The number of para-hydroxylation sites is 2. The summed E-state index contributed by atoms with van der Waals surface area (Å²) in [5.41, 5.74) is 19.4. The lowest BCUT2D eigenvalue weighted by Crippen LogP contribution is -2.16. The molecule has 12 rings (SSSR count). The van der Waals surface area contributed by atoms with E-state index in [0.717, 1.165) is 28.3 Å². The highest BCUT2D eigenvalue weighted by Crippen LogP contribution is 2.51. The van der Waals surface area contributed by atoms with Crippen LogP contribution in [-0.4, -0.2) is 4.57 Å². The van der Waals surface area contributed by atoms with Crippen molar-refractivity contribution in [3.8, 4) is 50.2 Å². The molecule has 11 aromatic rings. The van der Waals surface area contributed by atoms with E-state index in [0.29, 0.717) is 0 Å². The SMILES string of the molecule is CC1(C)c2ccccc2-c2ccc(N(c3ccc(-c4ccccc4)cc3)c3ccc(-c4ccccc4-n4c5ccccc5c5ccc(-c6ccc7ccccc7c6)cc54)cc3)cc21. The molecule has 0 aliphatic heterocycles. The fourth-order valence-corrected chi connectivity index (χ4v) is 10.2. The molecule has 2 heteroatoms. The number of fused-ring (bicyclic) bond motifs is 7. The van der Waals surface area contributed by atoms with Gasteiger partial charge in [-0.25, -0.2) is 0 Å². The Morgan fingerprint density at radius 2 is 0.889 bits per heavy atom. The van der Waals surface area contributed by atoms with Crippen molar-refractivity contribution >= 4 is 49.6 Å². The van der Waals surface area contributed by atoms with Crippen LogP contribution in [0.4, 0.5) is 17.1 Å². The number of rotatable bonds is 7. The summed E-state index contributed by atoms with van der Waals surface area (Å²) in [5.74, 6) is 0. The molecule has 0 saturated carbocycles. The third-order valence-corrected chi connectivity index (χ3v) is 13.4. The highest BCUT2D eigenvalue weighted by molar-refractivity contribution is 6.11. The van der Waals surface area contributed by atoms with Crippen molar-refractivity contribution in [3.63, 3.8) is 0 Å². The third kappa shape index (κ3) is 6.09. The topological polar surface area (TPSA) is 8.17 Å². The van der Waals surface area contributed by atoms with Gasteiger partial charge < -0.3 is 9.47 Å². The van der Waals surface area contributed by atoms with E-state index in [4.69, 9.17) is 0 Å². The minimum atomic E-state index is -0.110. The molecule has 0 radical (unpaired) electrons. The quantitative estimate of drug-likeness (QED) is 0.156. The zero-order valence-electron chi connectivity index (χ0n) is 35.3. The maximum absolute atomic E-state index is 2.46. The van der Waals surface area contributed by atoms with Gasteiger partial charge >= 0.3 is 0 Å². The first kappa shape index (κ1) is 36.9. The van der Waals surface area contributed by atoms with Crippen molar-refractivity contribution in [2.45, 2.75) is 19.3 Å². The fourth-order valence-electron chi connectivity index (χ4n) is 10.2. The van der Waals surface area contributed by atoms with Gasteiger partial charge in [0, 0.05) is 38.8 Å². The van der Waals surface area contributed by atoms with Crippen LogP contribution < -0.4 is 4.90 Å². The standard InChI is InChI=1S/C61H44N2/c1-61(2)56-21-11-8-19-52(56)53-37-35-50(40-57(53)61)62(48-31-26-43(27-32-48)41-14-4-3-5-15-41)49-33-28-44(29-34-49)51-18-9-12-22-58(51)63-59-23-13-10-20-54(59)55-36-30-47(39-60(55)63)46-25-24-42-16-6-7-17-45(42)38-46/h3-40H,1-2H3. The molecule has 1 heterocycles. The molecule has 0 fully saturated rings. The molecule has 0 atom stereocenters. The summed E-state index contributed by atoms with van der Waals surface area (Å²) in [4.78, 5) is 2.41. The first-order valence-corrected chi connectivity index (χ1v) is 21.9. The van der Waals surface area contributed by atoms with Crippen LogP contribution >= 0.6 is 0 Å². The van der Waals surface area contributed by atoms with Crippen LogP contribution in [0.15, 0.2) is 231 Å². The summed E-state index contributed by atoms with van der Waals surface area (Å²) in [7, 11) is 0.